The first-order valence-corrected chi connectivity index (χ1v) is 9.23. The zero-order valence-corrected chi connectivity index (χ0v) is 18.4. The van der Waals surface area contributed by atoms with E-state index in [-0.39, 0.29) is 45.6 Å². The number of ether oxygens (including phenoxy) is 6. The van der Waals surface area contributed by atoms with E-state index in [2.05, 4.69) is 0 Å². The number of benzene rings is 2. The van der Waals surface area contributed by atoms with E-state index in [4.69, 9.17) is 28.4 Å². The fourth-order valence-corrected chi connectivity index (χ4v) is 2.77. The summed E-state index contributed by atoms with van der Waals surface area (Å²) < 4.78 is 31.4. The minimum Gasteiger partial charge on any atom is -0.493 e. The molecule has 2 aromatic rings. The Hall–Kier alpha value is -4.08. The van der Waals surface area contributed by atoms with Gasteiger partial charge in [-0.1, -0.05) is 0 Å². The topological polar surface area (TPSA) is 124 Å². The molecular formula is C22H22O10. The quantitative estimate of drug-likeness (QED) is 0.463. The third kappa shape index (κ3) is 5.97. The number of carbonyl (C=O) groups is 4. The van der Waals surface area contributed by atoms with Crippen LogP contribution in [0.15, 0.2) is 24.3 Å². The van der Waals surface area contributed by atoms with Crippen LogP contribution in [-0.4, -0.2) is 38.1 Å². The number of hydrogen-bond donors (Lipinski definition) is 0. The van der Waals surface area contributed by atoms with Crippen molar-refractivity contribution >= 4 is 23.9 Å². The summed E-state index contributed by atoms with van der Waals surface area (Å²) in [7, 11) is 2.69. The van der Waals surface area contributed by atoms with Gasteiger partial charge in [0.1, 0.15) is 11.5 Å². The second-order valence-corrected chi connectivity index (χ2v) is 6.37. The normalized spacial score (nSPS) is 10.1. The molecule has 10 heteroatoms. The molecule has 170 valence electrons. The van der Waals surface area contributed by atoms with Crippen molar-refractivity contribution in [3.05, 3.63) is 24.3 Å². The molecule has 2 aromatic carbocycles. The maximum atomic E-state index is 11.7. The van der Waals surface area contributed by atoms with Crippen LogP contribution in [0.3, 0.4) is 0 Å². The molecule has 0 radical (unpaired) electrons. The molecule has 0 amide bonds. The maximum absolute atomic E-state index is 11.7. The van der Waals surface area contributed by atoms with Crippen LogP contribution in [-0.2, 0) is 19.2 Å². The van der Waals surface area contributed by atoms with Gasteiger partial charge in [-0.3, -0.25) is 19.2 Å². The van der Waals surface area contributed by atoms with E-state index in [1.807, 2.05) is 0 Å². The smallest absolute Gasteiger partial charge is 0.308 e. The van der Waals surface area contributed by atoms with Crippen LogP contribution < -0.4 is 28.4 Å². The lowest BCUT2D eigenvalue weighted by molar-refractivity contribution is -0.133. The minimum absolute atomic E-state index is 0.0117. The van der Waals surface area contributed by atoms with Crippen molar-refractivity contribution in [2.24, 2.45) is 0 Å². The van der Waals surface area contributed by atoms with E-state index in [9.17, 15) is 19.2 Å². The van der Waals surface area contributed by atoms with Gasteiger partial charge in [0, 0.05) is 51.0 Å². The van der Waals surface area contributed by atoms with Gasteiger partial charge in [-0.15, -0.1) is 0 Å². The zero-order valence-electron chi connectivity index (χ0n) is 18.4. The SMILES string of the molecule is COc1cc(OC(C)=O)c(-c2cc(OC(C)=O)c(OC)cc2OC(C)=O)cc1OC(C)=O. The lowest BCUT2D eigenvalue weighted by Gasteiger charge is -2.18. The van der Waals surface area contributed by atoms with Gasteiger partial charge in [-0.25, -0.2) is 0 Å². The van der Waals surface area contributed by atoms with Crippen LogP contribution in [0.25, 0.3) is 11.1 Å². The van der Waals surface area contributed by atoms with Crippen molar-refractivity contribution in [1.29, 1.82) is 0 Å². The standard InChI is InChI=1S/C22H22O10/c1-11(23)29-17-9-19(27-5)21(31-13(3)25)7-15(17)16-8-22(32-14(4)26)20(28-6)10-18(16)30-12(2)24/h7-10H,1-6H3. The molecule has 0 saturated carbocycles. The second kappa shape index (κ2) is 10.3. The molecule has 32 heavy (non-hydrogen) atoms. The van der Waals surface area contributed by atoms with E-state index in [1.165, 1.54) is 66.2 Å². The predicted octanol–water partition coefficient (Wildman–Crippen LogP) is 3.07. The van der Waals surface area contributed by atoms with Gasteiger partial charge in [0.25, 0.3) is 0 Å². The van der Waals surface area contributed by atoms with Gasteiger partial charge in [0.05, 0.1) is 14.2 Å². The molecule has 0 aliphatic heterocycles. The molecule has 0 fully saturated rings. The molecule has 0 unspecified atom stereocenters. The molecule has 0 aliphatic rings. The lowest BCUT2D eigenvalue weighted by atomic mass is 10.0. The average molecular weight is 446 g/mol. The monoisotopic (exact) mass is 446 g/mol. The first kappa shape index (κ1) is 24.2. The van der Waals surface area contributed by atoms with E-state index in [1.54, 1.807) is 0 Å². The molecular weight excluding hydrogens is 424 g/mol. The van der Waals surface area contributed by atoms with Crippen molar-refractivity contribution in [2.45, 2.75) is 27.7 Å². The molecule has 0 aliphatic carbocycles. The van der Waals surface area contributed by atoms with Crippen molar-refractivity contribution in [3.63, 3.8) is 0 Å². The van der Waals surface area contributed by atoms with Crippen LogP contribution in [0, 0.1) is 0 Å². The Morgan fingerprint density at radius 3 is 1.00 bits per heavy atom. The van der Waals surface area contributed by atoms with Crippen LogP contribution in [0.1, 0.15) is 27.7 Å². The Bertz CT molecular complexity index is 985. The van der Waals surface area contributed by atoms with Crippen molar-refractivity contribution in [2.75, 3.05) is 14.2 Å². The Morgan fingerprint density at radius 1 is 0.469 bits per heavy atom. The molecule has 0 heterocycles. The molecule has 0 spiro atoms. The van der Waals surface area contributed by atoms with Crippen LogP contribution in [0.2, 0.25) is 0 Å². The number of carbonyl (C=O) groups excluding carboxylic acids is 4. The first-order valence-electron chi connectivity index (χ1n) is 9.23. The van der Waals surface area contributed by atoms with E-state index in [0.717, 1.165) is 0 Å². The highest BCUT2D eigenvalue weighted by atomic mass is 16.6. The summed E-state index contributed by atoms with van der Waals surface area (Å²) in [6.07, 6.45) is 0. The molecule has 0 N–H and O–H groups in total. The van der Waals surface area contributed by atoms with Gasteiger partial charge in [0.15, 0.2) is 23.0 Å². The van der Waals surface area contributed by atoms with Gasteiger partial charge in [-0.05, 0) is 12.1 Å². The van der Waals surface area contributed by atoms with Crippen molar-refractivity contribution in [1.82, 2.24) is 0 Å². The molecule has 0 aromatic heterocycles. The summed E-state index contributed by atoms with van der Waals surface area (Å²) in [5, 5.41) is 0. The summed E-state index contributed by atoms with van der Waals surface area (Å²) in [6.45, 7) is 4.80. The fourth-order valence-electron chi connectivity index (χ4n) is 2.77. The summed E-state index contributed by atoms with van der Waals surface area (Å²) in [6, 6.07) is 5.40. The number of esters is 4. The first-order chi connectivity index (χ1) is 15.0. The highest BCUT2D eigenvalue weighted by molar-refractivity contribution is 5.86. The number of rotatable bonds is 7. The Morgan fingerprint density at radius 2 is 0.750 bits per heavy atom. The zero-order chi connectivity index (χ0) is 24.0. The van der Waals surface area contributed by atoms with Crippen LogP contribution >= 0.6 is 0 Å². The van der Waals surface area contributed by atoms with Crippen LogP contribution in [0.5, 0.6) is 34.5 Å². The highest BCUT2D eigenvalue weighted by Gasteiger charge is 2.23. The Kier molecular flexibility index (Phi) is 7.78. The van der Waals surface area contributed by atoms with E-state index >= 15 is 0 Å². The average Bonchev–Trinajstić information content (AvgIpc) is 2.68. The lowest BCUT2D eigenvalue weighted by Crippen LogP contribution is -2.09. The van der Waals surface area contributed by atoms with Gasteiger partial charge < -0.3 is 28.4 Å². The van der Waals surface area contributed by atoms with Crippen molar-refractivity contribution < 1.29 is 47.6 Å². The summed E-state index contributed by atoms with van der Waals surface area (Å²) in [4.78, 5) is 46.5. The molecule has 2 rings (SSSR count). The van der Waals surface area contributed by atoms with Gasteiger partial charge in [0.2, 0.25) is 0 Å². The largest absolute Gasteiger partial charge is 0.493 e. The fraction of sp³-hybridized carbons (Fsp3) is 0.273. The van der Waals surface area contributed by atoms with E-state index < -0.39 is 23.9 Å². The maximum Gasteiger partial charge on any atom is 0.308 e. The van der Waals surface area contributed by atoms with Gasteiger partial charge >= 0.3 is 23.9 Å². The predicted molar refractivity (Wildman–Crippen MR) is 110 cm³/mol. The molecule has 0 bridgehead atoms. The van der Waals surface area contributed by atoms with Crippen LogP contribution in [0.4, 0.5) is 0 Å². The third-order valence-electron chi connectivity index (χ3n) is 3.84. The van der Waals surface area contributed by atoms with E-state index in [0.29, 0.717) is 0 Å². The molecule has 10 nitrogen and oxygen atoms in total. The Labute approximate surface area is 183 Å². The highest BCUT2D eigenvalue weighted by Crippen LogP contribution is 2.47. The molecule has 0 atom stereocenters. The van der Waals surface area contributed by atoms with Gasteiger partial charge in [-0.2, -0.15) is 0 Å². The third-order valence-corrected chi connectivity index (χ3v) is 3.84. The summed E-state index contributed by atoms with van der Waals surface area (Å²) in [5.74, 6) is -2.24. The summed E-state index contributed by atoms with van der Waals surface area (Å²) >= 11 is 0. The number of hydrogen-bond acceptors (Lipinski definition) is 10. The van der Waals surface area contributed by atoms with Crippen molar-refractivity contribution in [3.8, 4) is 45.6 Å². The number of methoxy groups -OCH3 is 2. The second-order valence-electron chi connectivity index (χ2n) is 6.37. The Balaban J connectivity index is 2.89. The molecule has 0 saturated heterocycles. The minimum atomic E-state index is -0.642. The summed E-state index contributed by atoms with van der Waals surface area (Å²) in [5.41, 5.74) is 0.370.